The third kappa shape index (κ3) is 7.16. The van der Waals surface area contributed by atoms with E-state index in [0.29, 0.717) is 43.8 Å². The van der Waals surface area contributed by atoms with Gasteiger partial charge in [-0.2, -0.15) is 10.4 Å². The van der Waals surface area contributed by atoms with E-state index in [1.807, 2.05) is 0 Å². The molecule has 0 bridgehead atoms. The molecule has 0 amide bonds. The molecule has 26 heavy (non-hydrogen) atoms. The number of tetrazole rings is 2. The first-order valence-corrected chi connectivity index (χ1v) is 9.18. The number of H-pyrrole nitrogens is 2. The summed E-state index contributed by atoms with van der Waals surface area (Å²) in [5.41, 5.74) is 0. The van der Waals surface area contributed by atoms with Gasteiger partial charge < -0.3 is 0 Å². The van der Waals surface area contributed by atoms with Gasteiger partial charge in [0.2, 0.25) is 0 Å². The number of hydrogen-bond donors (Lipinski definition) is 2. The summed E-state index contributed by atoms with van der Waals surface area (Å²) in [6, 6.07) is 0. The minimum absolute atomic E-state index is 0.0585. The third-order valence-electron chi connectivity index (χ3n) is 4.28. The number of nitrogens with one attached hydrogen (secondary N) is 2. The summed E-state index contributed by atoms with van der Waals surface area (Å²) in [5, 5.41) is 27.8. The van der Waals surface area contributed by atoms with Crippen molar-refractivity contribution in [1.29, 1.82) is 0 Å². The van der Waals surface area contributed by atoms with Crippen molar-refractivity contribution < 1.29 is 9.59 Å². The van der Waals surface area contributed by atoms with Gasteiger partial charge in [-0.1, -0.05) is 30.2 Å². The molecule has 0 aromatic carbocycles. The average Bonchev–Trinajstić information content (AvgIpc) is 3.33. The highest BCUT2D eigenvalue weighted by Crippen LogP contribution is 2.23. The van der Waals surface area contributed by atoms with Crippen LogP contribution in [-0.2, 0) is 16.0 Å². The molecule has 1 atom stereocenters. The number of aryl methyl sites for hydroxylation is 1. The van der Waals surface area contributed by atoms with E-state index in [1.54, 1.807) is 0 Å². The molecule has 0 aliphatic heterocycles. The van der Waals surface area contributed by atoms with E-state index < -0.39 is 0 Å². The van der Waals surface area contributed by atoms with Crippen LogP contribution < -0.4 is 0 Å². The lowest BCUT2D eigenvalue weighted by molar-refractivity contribution is -0.124. The van der Waals surface area contributed by atoms with Crippen LogP contribution in [0.5, 0.6) is 0 Å². The van der Waals surface area contributed by atoms with Crippen molar-refractivity contribution in [3.05, 3.63) is 11.6 Å². The Labute approximate surface area is 151 Å². The Morgan fingerprint density at radius 3 is 2.38 bits per heavy atom. The van der Waals surface area contributed by atoms with Gasteiger partial charge in [0, 0.05) is 38.0 Å². The number of Topliss-reactive ketones (excluding diaryl/α,β-unsaturated/α-hetero) is 2. The van der Waals surface area contributed by atoms with E-state index in [1.165, 1.54) is 0 Å². The summed E-state index contributed by atoms with van der Waals surface area (Å²) < 4.78 is 0. The SMILES string of the molecule is CCCCCC(=O)CCC(=O)CC(CCCc1nn[nH]n1)c1nn[nH]n1. The Morgan fingerprint density at radius 1 is 0.923 bits per heavy atom. The highest BCUT2D eigenvalue weighted by atomic mass is 16.1. The topological polar surface area (TPSA) is 143 Å². The molecule has 0 saturated heterocycles. The molecule has 0 fully saturated rings. The number of ketones is 2. The predicted octanol–water partition coefficient (Wildman–Crippen LogP) is 1.71. The Bertz CT molecular complexity index is 641. The van der Waals surface area contributed by atoms with Gasteiger partial charge in [0.1, 0.15) is 11.6 Å². The van der Waals surface area contributed by atoms with Crippen molar-refractivity contribution in [3.8, 4) is 0 Å². The van der Waals surface area contributed by atoms with E-state index in [4.69, 9.17) is 0 Å². The number of hydrogen-bond acceptors (Lipinski definition) is 8. The lowest BCUT2D eigenvalue weighted by atomic mass is 9.93. The van der Waals surface area contributed by atoms with E-state index in [9.17, 15) is 9.59 Å². The summed E-state index contributed by atoms with van der Waals surface area (Å²) >= 11 is 0. The standard InChI is InChI=1S/C16H26N8O2/c1-2-3-4-7-13(25)9-10-14(26)11-12(16-19-23-24-20-16)6-5-8-15-17-21-22-18-15/h12H,2-11H2,1H3,(H,17,18,21,22)(H,19,20,23,24). The zero-order valence-corrected chi connectivity index (χ0v) is 15.1. The fourth-order valence-corrected chi connectivity index (χ4v) is 2.81. The molecule has 2 rings (SSSR count). The van der Waals surface area contributed by atoms with Crippen LogP contribution in [-0.4, -0.2) is 52.8 Å². The van der Waals surface area contributed by atoms with Crippen LogP contribution in [0.25, 0.3) is 0 Å². The molecule has 0 aliphatic rings. The highest BCUT2D eigenvalue weighted by Gasteiger charge is 2.20. The largest absolute Gasteiger partial charge is 0.300 e. The second-order valence-electron chi connectivity index (χ2n) is 6.43. The normalized spacial score (nSPS) is 12.2. The molecule has 0 spiro atoms. The quantitative estimate of drug-likeness (QED) is 0.483. The van der Waals surface area contributed by atoms with Gasteiger partial charge in [-0.25, -0.2) is 0 Å². The molecule has 0 aliphatic carbocycles. The number of rotatable bonds is 14. The van der Waals surface area contributed by atoms with Crippen LogP contribution in [0.3, 0.4) is 0 Å². The fraction of sp³-hybridized carbons (Fsp3) is 0.750. The molecule has 0 saturated carbocycles. The van der Waals surface area contributed by atoms with E-state index >= 15 is 0 Å². The van der Waals surface area contributed by atoms with Crippen LogP contribution in [0.1, 0.15) is 82.3 Å². The van der Waals surface area contributed by atoms with Crippen molar-refractivity contribution in [2.24, 2.45) is 0 Å². The molecule has 1 unspecified atom stereocenters. The summed E-state index contributed by atoms with van der Waals surface area (Å²) in [4.78, 5) is 24.1. The van der Waals surface area contributed by atoms with Gasteiger partial charge in [-0.15, -0.1) is 20.4 Å². The first-order valence-electron chi connectivity index (χ1n) is 9.18. The Morgan fingerprint density at radius 2 is 1.69 bits per heavy atom. The molecule has 142 valence electrons. The maximum atomic E-state index is 12.3. The van der Waals surface area contributed by atoms with Crippen LogP contribution in [0.15, 0.2) is 0 Å². The van der Waals surface area contributed by atoms with Gasteiger partial charge in [0.15, 0.2) is 11.6 Å². The Kier molecular flexibility index (Phi) is 8.50. The second-order valence-corrected chi connectivity index (χ2v) is 6.43. The van der Waals surface area contributed by atoms with Gasteiger partial charge in [0.05, 0.1) is 0 Å². The Balaban J connectivity index is 1.76. The highest BCUT2D eigenvalue weighted by molar-refractivity contribution is 5.86. The van der Waals surface area contributed by atoms with Crippen LogP contribution in [0.2, 0.25) is 0 Å². The zero-order chi connectivity index (χ0) is 18.6. The monoisotopic (exact) mass is 362 g/mol. The number of aromatic nitrogens is 8. The number of carbonyl (C=O) groups excluding carboxylic acids is 2. The molecule has 2 heterocycles. The number of unbranched alkanes of at least 4 members (excludes halogenated alkanes) is 2. The summed E-state index contributed by atoms with van der Waals surface area (Å²) in [7, 11) is 0. The van der Waals surface area contributed by atoms with Crippen molar-refractivity contribution in [1.82, 2.24) is 41.2 Å². The molecule has 0 radical (unpaired) electrons. The van der Waals surface area contributed by atoms with Crippen LogP contribution >= 0.6 is 0 Å². The minimum Gasteiger partial charge on any atom is -0.300 e. The fourth-order valence-electron chi connectivity index (χ4n) is 2.81. The zero-order valence-electron chi connectivity index (χ0n) is 15.1. The van der Waals surface area contributed by atoms with E-state index in [0.717, 1.165) is 25.7 Å². The first-order chi connectivity index (χ1) is 12.7. The van der Waals surface area contributed by atoms with Crippen molar-refractivity contribution >= 4 is 11.6 Å². The molecule has 10 nitrogen and oxygen atoms in total. The lowest BCUT2D eigenvalue weighted by Gasteiger charge is -2.11. The second kappa shape index (κ2) is 11.2. The minimum atomic E-state index is -0.122. The van der Waals surface area contributed by atoms with Crippen LogP contribution in [0, 0.1) is 0 Å². The van der Waals surface area contributed by atoms with E-state index in [-0.39, 0.29) is 23.9 Å². The van der Waals surface area contributed by atoms with Gasteiger partial charge in [-0.3, -0.25) is 9.59 Å². The van der Waals surface area contributed by atoms with Crippen molar-refractivity contribution in [2.45, 2.75) is 77.0 Å². The molecule has 2 aromatic rings. The van der Waals surface area contributed by atoms with Gasteiger partial charge in [-0.05, 0) is 19.3 Å². The maximum absolute atomic E-state index is 12.3. The first kappa shape index (κ1) is 19.8. The van der Waals surface area contributed by atoms with Crippen LogP contribution in [0.4, 0.5) is 0 Å². The molecule has 10 heteroatoms. The van der Waals surface area contributed by atoms with Crippen molar-refractivity contribution in [2.75, 3.05) is 0 Å². The number of nitrogens with zero attached hydrogens (tertiary/aromatic N) is 6. The molecular weight excluding hydrogens is 336 g/mol. The summed E-state index contributed by atoms with van der Waals surface area (Å²) in [6.45, 7) is 2.10. The van der Waals surface area contributed by atoms with Gasteiger partial charge in [0.25, 0.3) is 0 Å². The molecular formula is C16H26N8O2. The number of carbonyl (C=O) groups is 2. The Hall–Kier alpha value is -2.52. The number of aromatic amines is 2. The summed E-state index contributed by atoms with van der Waals surface area (Å²) in [5.74, 6) is 1.27. The molecule has 2 N–H and O–H groups in total. The van der Waals surface area contributed by atoms with Gasteiger partial charge >= 0.3 is 0 Å². The third-order valence-corrected chi connectivity index (χ3v) is 4.28. The predicted molar refractivity (Wildman–Crippen MR) is 92.0 cm³/mol. The average molecular weight is 362 g/mol. The van der Waals surface area contributed by atoms with Crippen molar-refractivity contribution in [3.63, 3.8) is 0 Å². The maximum Gasteiger partial charge on any atom is 0.178 e. The molecule has 2 aromatic heterocycles. The van der Waals surface area contributed by atoms with E-state index in [2.05, 4.69) is 48.2 Å². The smallest absolute Gasteiger partial charge is 0.178 e. The lowest BCUT2D eigenvalue weighted by Crippen LogP contribution is -2.11. The summed E-state index contributed by atoms with van der Waals surface area (Å²) in [6.07, 6.45) is 6.69.